The third-order valence-electron chi connectivity index (χ3n) is 4.57. The zero-order valence-corrected chi connectivity index (χ0v) is 19.3. The minimum atomic E-state index is -0.654. The first-order chi connectivity index (χ1) is 14.4. The van der Waals surface area contributed by atoms with Gasteiger partial charge in [0.25, 0.3) is 0 Å². The van der Waals surface area contributed by atoms with E-state index in [4.69, 9.17) is 23.2 Å². The number of thioether (sulfide) groups is 1. The molecule has 1 N–H and O–H groups in total. The summed E-state index contributed by atoms with van der Waals surface area (Å²) in [5.74, 6) is -0.296. The normalized spacial score (nSPS) is 11.8. The van der Waals surface area contributed by atoms with Crippen molar-refractivity contribution >= 4 is 46.8 Å². The lowest BCUT2D eigenvalue weighted by atomic mass is 10.1. The van der Waals surface area contributed by atoms with Gasteiger partial charge in [-0.3, -0.25) is 9.59 Å². The third-order valence-corrected chi connectivity index (χ3v) is 6.24. The van der Waals surface area contributed by atoms with E-state index in [0.29, 0.717) is 39.9 Å². The number of nitrogens with one attached hydrogen (secondary N) is 1. The van der Waals surface area contributed by atoms with Crippen LogP contribution in [0.2, 0.25) is 10.0 Å². The molecule has 162 valence electrons. The maximum Gasteiger partial charge on any atom is 0.242 e. The highest BCUT2D eigenvalue weighted by atomic mass is 35.5. The second-order valence-corrected chi connectivity index (χ2v) is 8.42. The largest absolute Gasteiger partial charge is 0.355 e. The predicted octanol–water partition coefficient (Wildman–Crippen LogP) is 5.31. The summed E-state index contributed by atoms with van der Waals surface area (Å²) in [6.07, 6.45) is 0.442. The second kappa shape index (κ2) is 12.2. The molecule has 0 fully saturated rings. The van der Waals surface area contributed by atoms with Gasteiger partial charge in [0.15, 0.2) is 0 Å². The van der Waals surface area contributed by atoms with Crippen LogP contribution in [0.15, 0.2) is 42.5 Å². The fourth-order valence-electron chi connectivity index (χ4n) is 3.01. The van der Waals surface area contributed by atoms with Crippen LogP contribution < -0.4 is 5.32 Å². The number of benzene rings is 2. The molecule has 4 nitrogen and oxygen atoms in total. The summed E-state index contributed by atoms with van der Waals surface area (Å²) in [4.78, 5) is 27.2. The molecule has 0 aliphatic rings. The molecule has 2 aromatic carbocycles. The van der Waals surface area contributed by atoms with E-state index in [2.05, 4.69) is 5.32 Å². The van der Waals surface area contributed by atoms with Gasteiger partial charge in [-0.25, -0.2) is 4.39 Å². The van der Waals surface area contributed by atoms with Gasteiger partial charge in [0.2, 0.25) is 11.8 Å². The van der Waals surface area contributed by atoms with E-state index in [1.165, 1.54) is 22.7 Å². The molecule has 0 spiro atoms. The Labute approximate surface area is 191 Å². The van der Waals surface area contributed by atoms with Gasteiger partial charge in [0, 0.05) is 34.5 Å². The summed E-state index contributed by atoms with van der Waals surface area (Å²) < 4.78 is 13.8. The van der Waals surface area contributed by atoms with Crippen LogP contribution in [0.1, 0.15) is 31.4 Å². The van der Waals surface area contributed by atoms with Crippen LogP contribution in [-0.2, 0) is 21.9 Å². The van der Waals surface area contributed by atoms with Gasteiger partial charge in [-0.15, -0.1) is 11.8 Å². The highest BCUT2D eigenvalue weighted by Gasteiger charge is 2.29. The first-order valence-electron chi connectivity index (χ1n) is 9.70. The van der Waals surface area contributed by atoms with Crippen molar-refractivity contribution in [3.05, 3.63) is 69.5 Å². The quantitative estimate of drug-likeness (QED) is 0.511. The van der Waals surface area contributed by atoms with Gasteiger partial charge in [0.05, 0.1) is 5.75 Å². The fraction of sp³-hybridized carbons (Fsp3) is 0.364. The molecule has 2 amide bonds. The van der Waals surface area contributed by atoms with Crippen molar-refractivity contribution < 1.29 is 14.0 Å². The molecule has 0 radical (unpaired) electrons. The maximum absolute atomic E-state index is 13.8. The second-order valence-electron chi connectivity index (χ2n) is 6.62. The topological polar surface area (TPSA) is 49.4 Å². The third kappa shape index (κ3) is 6.62. The lowest BCUT2D eigenvalue weighted by molar-refractivity contribution is -0.139. The van der Waals surface area contributed by atoms with Crippen molar-refractivity contribution in [3.63, 3.8) is 0 Å². The fourth-order valence-corrected chi connectivity index (χ4v) is 4.43. The summed E-state index contributed by atoms with van der Waals surface area (Å²) >= 11 is 13.9. The average molecular weight is 471 g/mol. The lowest BCUT2D eigenvalue weighted by Crippen LogP contribution is -2.49. The van der Waals surface area contributed by atoms with E-state index in [1.807, 2.05) is 13.8 Å². The summed E-state index contributed by atoms with van der Waals surface area (Å²) in [5.41, 5.74) is 1.13. The number of amides is 2. The molecule has 0 saturated heterocycles. The molecule has 2 rings (SSSR count). The number of hydrogen-bond acceptors (Lipinski definition) is 3. The number of carbonyl (C=O) groups excluding carboxylic acids is 2. The molecule has 30 heavy (non-hydrogen) atoms. The Bertz CT molecular complexity index is 862. The number of nitrogens with zero attached hydrogens (tertiary/aromatic N) is 1. The number of rotatable bonds is 10. The Morgan fingerprint density at radius 3 is 2.37 bits per heavy atom. The average Bonchev–Trinajstić information content (AvgIpc) is 2.71. The van der Waals surface area contributed by atoms with Crippen LogP contribution in [-0.4, -0.2) is 35.1 Å². The SMILES string of the molecule is CCNC(=O)[C@@H](CC)N(Cc1c(Cl)cccc1Cl)C(=O)CSCc1ccccc1F. The Kier molecular flexibility index (Phi) is 9.95. The van der Waals surface area contributed by atoms with E-state index >= 15 is 0 Å². The van der Waals surface area contributed by atoms with Crippen molar-refractivity contribution in [1.29, 1.82) is 0 Å². The van der Waals surface area contributed by atoms with Crippen LogP contribution in [0.5, 0.6) is 0 Å². The maximum atomic E-state index is 13.8. The van der Waals surface area contributed by atoms with Crippen molar-refractivity contribution in [3.8, 4) is 0 Å². The Morgan fingerprint density at radius 2 is 1.77 bits per heavy atom. The van der Waals surface area contributed by atoms with Crippen LogP contribution in [0, 0.1) is 5.82 Å². The molecule has 0 unspecified atom stereocenters. The zero-order chi connectivity index (χ0) is 22.1. The standard InChI is InChI=1S/C22H25Cl2FN2O2S/c1-3-20(22(29)26-4-2)27(12-16-17(23)9-7-10-18(16)24)21(28)14-30-13-15-8-5-6-11-19(15)25/h5-11,20H,3-4,12-14H2,1-2H3,(H,26,29)/t20-/m1/s1. The molecule has 0 aliphatic carbocycles. The van der Waals surface area contributed by atoms with E-state index in [-0.39, 0.29) is 29.9 Å². The van der Waals surface area contributed by atoms with Gasteiger partial charge in [0.1, 0.15) is 11.9 Å². The van der Waals surface area contributed by atoms with Gasteiger partial charge in [-0.05, 0) is 37.1 Å². The van der Waals surface area contributed by atoms with Crippen LogP contribution in [0.3, 0.4) is 0 Å². The van der Waals surface area contributed by atoms with Crippen molar-refractivity contribution in [2.45, 2.75) is 38.6 Å². The first-order valence-corrected chi connectivity index (χ1v) is 11.6. The molecule has 0 heterocycles. The zero-order valence-electron chi connectivity index (χ0n) is 17.0. The van der Waals surface area contributed by atoms with Crippen molar-refractivity contribution in [2.75, 3.05) is 12.3 Å². The molecule has 0 saturated carbocycles. The van der Waals surface area contributed by atoms with E-state index in [0.717, 1.165) is 0 Å². The number of carbonyl (C=O) groups is 2. The van der Waals surface area contributed by atoms with Gasteiger partial charge < -0.3 is 10.2 Å². The predicted molar refractivity (Wildman–Crippen MR) is 122 cm³/mol. The first kappa shape index (κ1) is 24.5. The lowest BCUT2D eigenvalue weighted by Gasteiger charge is -2.31. The van der Waals surface area contributed by atoms with E-state index in [1.54, 1.807) is 36.4 Å². The van der Waals surface area contributed by atoms with Crippen LogP contribution in [0.4, 0.5) is 4.39 Å². The Hall–Kier alpha value is -1.76. The molecule has 2 aromatic rings. The molecule has 0 aromatic heterocycles. The number of hydrogen-bond donors (Lipinski definition) is 1. The minimum absolute atomic E-state index is 0.103. The van der Waals surface area contributed by atoms with Gasteiger partial charge in [-0.1, -0.05) is 54.4 Å². The summed E-state index contributed by atoms with van der Waals surface area (Å²) in [6.45, 7) is 4.26. The monoisotopic (exact) mass is 470 g/mol. The molecular weight excluding hydrogens is 446 g/mol. The van der Waals surface area contributed by atoms with Crippen LogP contribution in [0.25, 0.3) is 0 Å². The Morgan fingerprint density at radius 1 is 1.10 bits per heavy atom. The van der Waals surface area contributed by atoms with E-state index < -0.39 is 6.04 Å². The summed E-state index contributed by atoms with van der Waals surface area (Å²) in [7, 11) is 0. The molecule has 1 atom stereocenters. The highest BCUT2D eigenvalue weighted by molar-refractivity contribution is 7.99. The summed E-state index contributed by atoms with van der Waals surface area (Å²) in [6, 6.07) is 10.9. The van der Waals surface area contributed by atoms with Gasteiger partial charge in [-0.2, -0.15) is 0 Å². The number of likely N-dealkylation sites (N-methyl/N-ethyl adjacent to an activating group) is 1. The van der Waals surface area contributed by atoms with Crippen LogP contribution >= 0.6 is 35.0 Å². The molecule has 8 heteroatoms. The van der Waals surface area contributed by atoms with E-state index in [9.17, 15) is 14.0 Å². The molecular formula is C22H25Cl2FN2O2S. The smallest absolute Gasteiger partial charge is 0.242 e. The molecule has 0 aliphatic heterocycles. The minimum Gasteiger partial charge on any atom is -0.355 e. The summed E-state index contributed by atoms with van der Waals surface area (Å²) in [5, 5.41) is 3.65. The van der Waals surface area contributed by atoms with Crippen molar-refractivity contribution in [1.82, 2.24) is 10.2 Å². The van der Waals surface area contributed by atoms with Gasteiger partial charge >= 0.3 is 0 Å². The molecule has 0 bridgehead atoms. The number of halogens is 3. The van der Waals surface area contributed by atoms with Crippen molar-refractivity contribution in [2.24, 2.45) is 0 Å². The highest BCUT2D eigenvalue weighted by Crippen LogP contribution is 2.27. The Balaban J connectivity index is 2.19.